The molecule has 2 nitrogen and oxygen atoms in total. The van der Waals surface area contributed by atoms with Crippen LogP contribution in [0.3, 0.4) is 0 Å². The maximum Gasteiger partial charge on any atom is 0.254 e. The molecule has 1 rings (SSSR count). The number of hydrogen-bond acceptors (Lipinski definition) is 1. The zero-order valence-corrected chi connectivity index (χ0v) is 11.7. The van der Waals surface area contributed by atoms with Crippen LogP contribution in [-0.4, -0.2) is 17.8 Å². The zero-order valence-electron chi connectivity index (χ0n) is 9.47. The van der Waals surface area contributed by atoms with Gasteiger partial charge >= 0.3 is 0 Å². The molecule has 0 aromatic heterocycles. The minimum atomic E-state index is -0.263. The molecule has 1 atom stereocenters. The summed E-state index contributed by atoms with van der Waals surface area (Å²) in [6.07, 6.45) is 1.61. The quantitative estimate of drug-likeness (QED) is 0.813. The van der Waals surface area contributed by atoms with Gasteiger partial charge in [-0.1, -0.05) is 36.2 Å². The van der Waals surface area contributed by atoms with Crippen molar-refractivity contribution in [3.05, 3.63) is 33.8 Å². The average molecular weight is 295 g/mol. The van der Waals surface area contributed by atoms with E-state index in [0.717, 1.165) is 12.8 Å². The number of carbonyl (C=O) groups is 1. The molecule has 5 heteroatoms. The Morgan fingerprint density at radius 2 is 1.94 bits per heavy atom. The van der Waals surface area contributed by atoms with E-state index >= 15 is 0 Å². The number of rotatable bonds is 5. The molecule has 0 spiro atoms. The fourth-order valence-corrected chi connectivity index (χ4v) is 2.03. The molecule has 0 fully saturated rings. The second-order valence-electron chi connectivity index (χ2n) is 3.65. The van der Waals surface area contributed by atoms with E-state index in [2.05, 4.69) is 5.32 Å². The van der Waals surface area contributed by atoms with Crippen LogP contribution in [0.4, 0.5) is 0 Å². The van der Waals surface area contributed by atoms with Gasteiger partial charge in [-0.25, -0.2) is 0 Å². The summed E-state index contributed by atoms with van der Waals surface area (Å²) in [5, 5.41) is 3.54. The molecular weight excluding hydrogens is 280 g/mol. The molecule has 1 aromatic carbocycles. The van der Waals surface area contributed by atoms with Gasteiger partial charge in [0.05, 0.1) is 15.6 Å². The average Bonchev–Trinajstić information content (AvgIpc) is 2.28. The van der Waals surface area contributed by atoms with Gasteiger partial charge in [-0.2, -0.15) is 0 Å². The van der Waals surface area contributed by atoms with Crippen molar-refractivity contribution in [2.75, 3.05) is 6.54 Å². The molecule has 1 aromatic rings. The van der Waals surface area contributed by atoms with Crippen molar-refractivity contribution in [2.45, 2.75) is 25.1 Å². The Morgan fingerprint density at radius 1 is 1.35 bits per heavy atom. The Balaban J connectivity index is 2.59. The van der Waals surface area contributed by atoms with Gasteiger partial charge in [0.2, 0.25) is 0 Å². The molecule has 0 aliphatic heterocycles. The van der Waals surface area contributed by atoms with Crippen LogP contribution in [0.1, 0.15) is 30.1 Å². The summed E-state index contributed by atoms with van der Waals surface area (Å²) in [5.41, 5.74) is 0.318. The van der Waals surface area contributed by atoms with Crippen LogP contribution in [0.2, 0.25) is 10.0 Å². The lowest BCUT2D eigenvalue weighted by Gasteiger charge is -2.10. The molecular formula is C12H14Cl3NO. The van der Waals surface area contributed by atoms with Gasteiger partial charge in [0.15, 0.2) is 0 Å². The van der Waals surface area contributed by atoms with Crippen LogP contribution >= 0.6 is 34.8 Å². The molecule has 1 amide bonds. The summed E-state index contributed by atoms with van der Waals surface area (Å²) in [4.78, 5) is 11.8. The lowest BCUT2D eigenvalue weighted by molar-refractivity contribution is 0.0953. The Morgan fingerprint density at radius 3 is 2.47 bits per heavy atom. The van der Waals surface area contributed by atoms with E-state index in [-0.39, 0.29) is 11.3 Å². The third kappa shape index (κ3) is 4.38. The number of carbonyl (C=O) groups excluding carboxylic acids is 1. The summed E-state index contributed by atoms with van der Waals surface area (Å²) < 4.78 is 0. The highest BCUT2D eigenvalue weighted by Crippen LogP contribution is 2.23. The van der Waals surface area contributed by atoms with E-state index in [0.29, 0.717) is 22.2 Å². The van der Waals surface area contributed by atoms with Crippen LogP contribution in [-0.2, 0) is 0 Å². The maximum absolute atomic E-state index is 11.8. The van der Waals surface area contributed by atoms with Gasteiger partial charge in [-0.15, -0.1) is 11.6 Å². The molecule has 0 aliphatic rings. The van der Waals surface area contributed by atoms with Crippen molar-refractivity contribution in [1.82, 2.24) is 5.32 Å². The van der Waals surface area contributed by atoms with Gasteiger partial charge in [0, 0.05) is 11.9 Å². The number of amides is 1. The summed E-state index contributed by atoms with van der Waals surface area (Å²) in [6.45, 7) is 2.52. The van der Waals surface area contributed by atoms with Crippen molar-refractivity contribution < 1.29 is 4.79 Å². The fourth-order valence-electron chi connectivity index (χ4n) is 1.35. The molecule has 0 saturated carbocycles. The zero-order chi connectivity index (χ0) is 12.8. The van der Waals surface area contributed by atoms with Gasteiger partial charge in [-0.05, 0) is 25.0 Å². The molecule has 0 heterocycles. The molecule has 0 saturated heterocycles. The predicted molar refractivity (Wildman–Crippen MR) is 73.3 cm³/mol. The molecule has 1 unspecified atom stereocenters. The molecule has 0 radical (unpaired) electrons. The van der Waals surface area contributed by atoms with Gasteiger partial charge in [0.25, 0.3) is 5.91 Å². The number of hydrogen-bond donors (Lipinski definition) is 1. The Hall–Kier alpha value is -0.440. The lowest BCUT2D eigenvalue weighted by atomic mass is 10.2. The van der Waals surface area contributed by atoms with E-state index < -0.39 is 0 Å². The van der Waals surface area contributed by atoms with Crippen LogP contribution < -0.4 is 5.32 Å². The molecule has 0 aliphatic carbocycles. The fraction of sp³-hybridized carbons (Fsp3) is 0.417. The van der Waals surface area contributed by atoms with E-state index in [1.54, 1.807) is 18.2 Å². The molecule has 17 heavy (non-hydrogen) atoms. The maximum atomic E-state index is 11.8. The van der Waals surface area contributed by atoms with Gasteiger partial charge in [0.1, 0.15) is 0 Å². The first-order valence-corrected chi connectivity index (χ1v) is 6.61. The number of alkyl halides is 1. The number of benzene rings is 1. The van der Waals surface area contributed by atoms with Crippen LogP contribution in [0, 0.1) is 0 Å². The van der Waals surface area contributed by atoms with Crippen LogP contribution in [0.15, 0.2) is 18.2 Å². The second-order valence-corrected chi connectivity index (χ2v) is 5.08. The molecule has 0 bridgehead atoms. The van der Waals surface area contributed by atoms with E-state index in [1.165, 1.54) is 0 Å². The Kier molecular flexibility index (Phi) is 6.10. The van der Waals surface area contributed by atoms with Crippen LogP contribution in [0.25, 0.3) is 0 Å². The smallest absolute Gasteiger partial charge is 0.254 e. The standard InChI is InChI=1S/C12H14Cl3NO/c1-2-8(13)6-7-16-12(17)11-9(14)4-3-5-10(11)15/h3-5,8H,2,6-7H2,1H3,(H,16,17). The first-order chi connectivity index (χ1) is 8.06. The number of halogens is 3. The van der Waals surface area contributed by atoms with E-state index in [4.69, 9.17) is 34.8 Å². The monoisotopic (exact) mass is 293 g/mol. The lowest BCUT2D eigenvalue weighted by Crippen LogP contribution is -2.26. The minimum absolute atomic E-state index is 0.0806. The van der Waals surface area contributed by atoms with Crippen molar-refractivity contribution in [3.8, 4) is 0 Å². The van der Waals surface area contributed by atoms with Gasteiger partial charge < -0.3 is 5.32 Å². The van der Waals surface area contributed by atoms with Crippen molar-refractivity contribution in [1.29, 1.82) is 0 Å². The highest BCUT2D eigenvalue weighted by molar-refractivity contribution is 6.39. The Bertz CT molecular complexity index is 375. The largest absolute Gasteiger partial charge is 0.352 e. The summed E-state index contributed by atoms with van der Waals surface area (Å²) in [5.74, 6) is -0.263. The Labute approximate surface area is 116 Å². The van der Waals surface area contributed by atoms with E-state index in [1.807, 2.05) is 6.92 Å². The van der Waals surface area contributed by atoms with Crippen LogP contribution in [0.5, 0.6) is 0 Å². The molecule has 94 valence electrons. The summed E-state index contributed by atoms with van der Waals surface area (Å²) >= 11 is 17.8. The summed E-state index contributed by atoms with van der Waals surface area (Å²) in [6, 6.07) is 4.98. The van der Waals surface area contributed by atoms with Crippen molar-refractivity contribution in [2.24, 2.45) is 0 Å². The van der Waals surface area contributed by atoms with Crippen molar-refractivity contribution >= 4 is 40.7 Å². The number of nitrogens with one attached hydrogen (secondary N) is 1. The first kappa shape index (κ1) is 14.6. The minimum Gasteiger partial charge on any atom is -0.352 e. The SMILES string of the molecule is CCC(Cl)CCNC(=O)c1c(Cl)cccc1Cl. The normalized spacial score (nSPS) is 12.2. The highest BCUT2D eigenvalue weighted by atomic mass is 35.5. The highest BCUT2D eigenvalue weighted by Gasteiger charge is 2.14. The topological polar surface area (TPSA) is 29.1 Å². The summed E-state index contributed by atoms with van der Waals surface area (Å²) in [7, 11) is 0. The third-order valence-corrected chi connectivity index (χ3v) is 3.53. The first-order valence-electron chi connectivity index (χ1n) is 5.42. The molecule has 1 N–H and O–H groups in total. The third-order valence-electron chi connectivity index (χ3n) is 2.38. The second kappa shape index (κ2) is 7.10. The van der Waals surface area contributed by atoms with E-state index in [9.17, 15) is 4.79 Å². The predicted octanol–water partition coefficient (Wildman–Crippen LogP) is 4.13. The van der Waals surface area contributed by atoms with Crippen molar-refractivity contribution in [3.63, 3.8) is 0 Å². The van der Waals surface area contributed by atoms with Gasteiger partial charge in [-0.3, -0.25) is 4.79 Å².